The van der Waals surface area contributed by atoms with Gasteiger partial charge in [0.05, 0.1) is 43.4 Å². The Morgan fingerprint density at radius 3 is 1.67 bits per heavy atom. The summed E-state index contributed by atoms with van der Waals surface area (Å²) in [6.45, 7) is -0.226. The second-order valence-electron chi connectivity index (χ2n) is 20.3. The Bertz CT molecular complexity index is 2530. The summed E-state index contributed by atoms with van der Waals surface area (Å²) in [5.74, 6) is -14.6. The molecule has 35 heteroatoms. The van der Waals surface area contributed by atoms with Crippen LogP contribution in [0.15, 0.2) is 14.6 Å². The Hall–Kier alpha value is -6.76. The van der Waals surface area contributed by atoms with E-state index in [1.165, 1.54) is 24.5 Å². The Balaban J connectivity index is 0.0000241. The quantitative estimate of drug-likeness (QED) is 0.0132. The zero-order valence-corrected chi connectivity index (χ0v) is 48.8. The van der Waals surface area contributed by atoms with E-state index in [1.807, 2.05) is 0 Å². The van der Waals surface area contributed by atoms with Gasteiger partial charge in [0, 0.05) is 97.7 Å². The number of carbonyl (C=O) groups is 11. The molecule has 0 bridgehead atoms. The van der Waals surface area contributed by atoms with Crippen LogP contribution >= 0.6 is 0 Å². The molecule has 0 aromatic heterocycles. The maximum atomic E-state index is 13.6. The number of hydrogen-bond acceptors (Lipinski definition) is 25. The molecule has 1 radical (unpaired) electrons. The fraction of sp³-hybridized carbons (Fsp3) is 0.673. The molecule has 2 saturated heterocycles. The van der Waals surface area contributed by atoms with Crippen LogP contribution in [0.3, 0.4) is 0 Å². The van der Waals surface area contributed by atoms with E-state index in [0.717, 1.165) is 0 Å². The van der Waals surface area contributed by atoms with Crippen LogP contribution in [0.4, 0.5) is 11.4 Å². The Morgan fingerprint density at radius 2 is 1.18 bits per heavy atom. The predicted molar refractivity (Wildman–Crippen MR) is 281 cm³/mol. The Kier molecular flexibility index (Phi) is 32.2. The summed E-state index contributed by atoms with van der Waals surface area (Å²) < 4.78 is 0. The molecular formula is C49H74GdN14O20-. The van der Waals surface area contributed by atoms with Crippen LogP contribution in [0.25, 0.3) is 0 Å². The molecule has 2 aliphatic rings. The van der Waals surface area contributed by atoms with E-state index in [9.17, 15) is 98.1 Å². The molecule has 3 rings (SSSR count). The zero-order valence-electron chi connectivity index (χ0n) is 46.5. The van der Waals surface area contributed by atoms with Crippen LogP contribution in [-0.2, 0) is 52.7 Å². The minimum Gasteiger partial charge on any atom is -0.549 e. The smallest absolute Gasteiger partial charge is 0.549 e. The Morgan fingerprint density at radius 1 is 0.667 bits per heavy atom. The number of amides is 5. The molecule has 84 heavy (non-hydrogen) atoms. The number of anilines is 2. The minimum absolute atomic E-state index is 0. The predicted octanol–water partition coefficient (Wildman–Crippen LogP) is -12.3. The van der Waals surface area contributed by atoms with Crippen LogP contribution in [0.5, 0.6) is 0 Å². The third-order valence-electron chi connectivity index (χ3n) is 13.5. The number of nitrogens with one attached hydrogen (secondary N) is 6. The number of aliphatic hydroxyl groups excluding tert-OH is 1. The normalized spacial score (nSPS) is 17.5. The topological polar surface area (TPSA) is 528 Å². The van der Waals surface area contributed by atoms with Crippen molar-refractivity contribution in [1.29, 1.82) is 0 Å². The molecule has 0 saturated carbocycles. The Labute approximate surface area is 513 Å². The van der Waals surface area contributed by atoms with Crippen LogP contribution in [0.1, 0.15) is 65.2 Å². The molecule has 2 fully saturated rings. The van der Waals surface area contributed by atoms with E-state index < -0.39 is 152 Å². The van der Waals surface area contributed by atoms with E-state index in [1.54, 1.807) is 13.8 Å². The summed E-state index contributed by atoms with van der Waals surface area (Å²) in [7, 11) is 0. The van der Waals surface area contributed by atoms with Gasteiger partial charge in [0.2, 0.25) is 29.5 Å². The number of aliphatic hydroxyl groups is 1. The molecule has 1 aromatic carbocycles. The van der Waals surface area contributed by atoms with Gasteiger partial charge < -0.3 is 103 Å². The van der Waals surface area contributed by atoms with E-state index in [0.29, 0.717) is 6.42 Å². The van der Waals surface area contributed by atoms with Crippen molar-refractivity contribution in [2.45, 2.75) is 101 Å². The van der Waals surface area contributed by atoms with Crippen molar-refractivity contribution in [1.82, 2.24) is 46.2 Å². The summed E-state index contributed by atoms with van der Waals surface area (Å²) >= 11 is 0. The number of carboxylic acid groups (broad SMARTS) is 6. The molecule has 13 N–H and O–H groups in total. The average Bonchev–Trinajstić information content (AvgIpc) is 4.02. The average molecular weight is 1340 g/mol. The van der Waals surface area contributed by atoms with Gasteiger partial charge in [-0.1, -0.05) is 13.8 Å². The number of aliphatic imine (C=N–C) groups is 1. The minimum atomic E-state index is -1.84. The number of nitrogens with zero attached hydrogens (tertiary/aromatic N) is 6. The number of nitrogens with two attached hydrogens (primary N) is 2. The largest absolute Gasteiger partial charge is 3.00 e. The van der Waals surface area contributed by atoms with E-state index in [-0.39, 0.29) is 174 Å². The van der Waals surface area contributed by atoms with Crippen LogP contribution in [-0.4, -0.2) is 247 Å². The molecular weight excluding hydrogens is 1260 g/mol. The molecule has 0 spiro atoms. The summed E-state index contributed by atoms with van der Waals surface area (Å²) in [5, 5.41) is 90.6. The van der Waals surface area contributed by atoms with Crippen molar-refractivity contribution in [3.8, 4) is 0 Å². The number of hydrogen-bond donors (Lipinski definition) is 11. The van der Waals surface area contributed by atoms with Gasteiger partial charge in [0.25, 0.3) is 10.9 Å². The van der Waals surface area contributed by atoms with Crippen molar-refractivity contribution in [3.63, 3.8) is 0 Å². The van der Waals surface area contributed by atoms with Crippen LogP contribution < -0.4 is 79.6 Å². The third kappa shape index (κ3) is 25.2. The SMILES string of the molecule is CC(C)C[C@H](NC(=O)[C@H](CC(=O)O)NC(=O)CNC(=O)[C@@H]1CCCN1c1c(NCCCC(C(=O)[O-])N2CCN(CC(=O)[O-])CCN(CC(=O)[O-])CCN(CC(=O)[O-])CC2)c(=O)c1=O)C(=O)N[C@@H](CO)C(=O)N[C@@H](CCCN=C(N)N)C(=O)O.[Gd+3]. The maximum absolute atomic E-state index is 13.6. The van der Waals surface area contributed by atoms with Gasteiger partial charge in [0.1, 0.15) is 41.6 Å². The summed E-state index contributed by atoms with van der Waals surface area (Å²) in [6.07, 6.45) is -0.755. The van der Waals surface area contributed by atoms with Crippen molar-refractivity contribution >= 4 is 82.7 Å². The second kappa shape index (κ2) is 36.8. The van der Waals surface area contributed by atoms with Crippen molar-refractivity contribution in [3.05, 3.63) is 20.4 Å². The third-order valence-corrected chi connectivity index (χ3v) is 13.5. The van der Waals surface area contributed by atoms with Gasteiger partial charge >= 0.3 is 51.9 Å². The molecule has 6 atom stereocenters. The number of aliphatic carboxylic acids is 6. The fourth-order valence-corrected chi connectivity index (χ4v) is 9.36. The first-order valence-electron chi connectivity index (χ1n) is 26.8. The number of rotatable bonds is 34. The molecule has 1 aromatic rings. The number of carbonyl (C=O) groups excluding carboxylic acids is 9. The zero-order chi connectivity index (χ0) is 62.1. The van der Waals surface area contributed by atoms with Gasteiger partial charge in [-0.3, -0.25) is 62.9 Å². The maximum Gasteiger partial charge on any atom is 3.00 e. The van der Waals surface area contributed by atoms with E-state index in [2.05, 4.69) is 36.9 Å². The van der Waals surface area contributed by atoms with Crippen LogP contribution in [0, 0.1) is 45.9 Å². The summed E-state index contributed by atoms with van der Waals surface area (Å²) in [5.41, 5.74) is 8.33. The van der Waals surface area contributed by atoms with E-state index >= 15 is 0 Å². The van der Waals surface area contributed by atoms with Gasteiger partial charge in [-0.25, -0.2) is 4.79 Å². The first-order valence-corrected chi connectivity index (χ1v) is 26.8. The molecule has 1 unspecified atom stereocenters. The number of carboxylic acids is 6. The van der Waals surface area contributed by atoms with Crippen LogP contribution in [0.2, 0.25) is 0 Å². The van der Waals surface area contributed by atoms with Crippen molar-refractivity contribution < 1.29 is 128 Å². The van der Waals surface area contributed by atoms with Gasteiger partial charge in [-0.2, -0.15) is 0 Å². The van der Waals surface area contributed by atoms with Gasteiger partial charge in [-0.15, -0.1) is 0 Å². The second-order valence-corrected chi connectivity index (χ2v) is 20.3. The molecule has 34 nitrogen and oxygen atoms in total. The van der Waals surface area contributed by atoms with Gasteiger partial charge in [0.15, 0.2) is 5.96 Å². The summed E-state index contributed by atoms with van der Waals surface area (Å²) in [4.78, 5) is 175. The molecule has 2 aliphatic heterocycles. The van der Waals surface area contributed by atoms with Crippen molar-refractivity contribution in [2.24, 2.45) is 22.4 Å². The molecule has 2 heterocycles. The first-order chi connectivity index (χ1) is 39.1. The number of guanidine groups is 1. The molecule has 5 amide bonds. The molecule has 469 valence electrons. The van der Waals surface area contributed by atoms with Crippen molar-refractivity contribution in [2.75, 3.05) is 115 Å². The first kappa shape index (κ1) is 73.3. The summed E-state index contributed by atoms with van der Waals surface area (Å²) in [6, 6.07) is -8.98. The standard InChI is InChI=1S/C49H78N14O20.Gd/c1-27(2)20-29(43(76)58-31(26-64)45(78)56-28(47(80)81)6-3-10-53-49(50)51)57-44(77)30(21-35(66)67)55-34(65)22-54-46(79)32-8-5-11-63(32)40-39(41(74)42(40)75)52-9-4-7-33(48(82)83)62-18-16-60(24-37(70)71)14-12-59(23-36(68)69)13-15-61(17-19-62)25-38(72)73;/h27-33,52,64H,3-26H2,1-2H3,(H,54,79)(H,55,65)(H,56,78)(H,57,77)(H,58,76)(H,66,67)(H,68,69)(H,70,71)(H,72,73)(H,80,81)(H,82,83)(H4,50,51,53);/q;+3/p-4/t28-,29-,30-,31-,32-,33?;/m0./s1. The molecule has 0 aliphatic carbocycles. The van der Waals surface area contributed by atoms with E-state index in [4.69, 9.17) is 11.5 Å². The van der Waals surface area contributed by atoms with Gasteiger partial charge in [-0.05, 0) is 50.9 Å². The fourth-order valence-electron chi connectivity index (χ4n) is 9.36. The monoisotopic (exact) mass is 1340 g/mol.